The number of phenols is 1. The van der Waals surface area contributed by atoms with Crippen LogP contribution in [0.4, 0.5) is 0 Å². The Morgan fingerprint density at radius 1 is 1.20 bits per heavy atom. The van der Waals surface area contributed by atoms with E-state index in [1.54, 1.807) is 29.2 Å². The van der Waals surface area contributed by atoms with Crippen molar-refractivity contribution < 1.29 is 14.7 Å². The van der Waals surface area contributed by atoms with Crippen LogP contribution < -0.4 is 5.32 Å². The van der Waals surface area contributed by atoms with Crippen LogP contribution >= 0.6 is 0 Å². The molecule has 0 saturated carbocycles. The smallest absolute Gasteiger partial charge is 0.246 e. The van der Waals surface area contributed by atoms with Crippen molar-refractivity contribution in [2.75, 3.05) is 26.2 Å². The maximum Gasteiger partial charge on any atom is 0.246 e. The Labute approximate surface area is 148 Å². The molecule has 3 rings (SSSR count). The molecular weight excluding hydrogens is 318 g/mol. The summed E-state index contributed by atoms with van der Waals surface area (Å²) in [6.07, 6.45) is 1.55. The second kappa shape index (κ2) is 7.44. The molecule has 0 radical (unpaired) electrons. The third-order valence-corrected chi connectivity index (χ3v) is 5.06. The van der Waals surface area contributed by atoms with Crippen LogP contribution in [0.2, 0.25) is 0 Å². The molecule has 0 unspecified atom stereocenters. The summed E-state index contributed by atoms with van der Waals surface area (Å²) >= 11 is 0. The van der Waals surface area contributed by atoms with E-state index < -0.39 is 6.04 Å². The van der Waals surface area contributed by atoms with Gasteiger partial charge in [-0.25, -0.2) is 0 Å². The van der Waals surface area contributed by atoms with Crippen LogP contribution in [-0.2, 0) is 16.0 Å². The number of hydrogen-bond donors (Lipinski definition) is 2. The molecule has 2 aliphatic heterocycles. The Balaban J connectivity index is 1.63. The third-order valence-electron chi connectivity index (χ3n) is 5.06. The molecule has 0 aliphatic carbocycles. The second-order valence-corrected chi connectivity index (χ2v) is 7.46. The summed E-state index contributed by atoms with van der Waals surface area (Å²) in [7, 11) is 0. The molecule has 1 aromatic rings. The van der Waals surface area contributed by atoms with Gasteiger partial charge in [0, 0.05) is 26.1 Å². The van der Waals surface area contributed by atoms with Gasteiger partial charge in [0.25, 0.3) is 0 Å². The van der Waals surface area contributed by atoms with Crippen LogP contribution in [0, 0.1) is 5.92 Å². The molecular formula is C19H27N3O3. The van der Waals surface area contributed by atoms with Crippen molar-refractivity contribution in [2.24, 2.45) is 5.92 Å². The topological polar surface area (TPSA) is 72.9 Å². The molecule has 6 heteroatoms. The SMILES string of the molecule is CC(C)CCN1CCN2C(=O)[C@H](Cc3ccc(O)cc3)NC(=O)[C@H]2C1. The molecule has 0 aromatic heterocycles. The van der Waals surface area contributed by atoms with Gasteiger partial charge in [-0.1, -0.05) is 26.0 Å². The first-order chi connectivity index (χ1) is 11.9. The van der Waals surface area contributed by atoms with Crippen molar-refractivity contribution in [2.45, 2.75) is 38.8 Å². The van der Waals surface area contributed by atoms with Gasteiger partial charge >= 0.3 is 0 Å². The standard InChI is InChI=1S/C19H27N3O3/c1-13(2)7-8-21-9-10-22-17(12-21)18(24)20-16(19(22)25)11-14-3-5-15(23)6-4-14/h3-6,13,16-17,23H,7-12H2,1-2H3,(H,20,24)/t16-,17+/m0/s1. The fraction of sp³-hybridized carbons (Fsp3) is 0.579. The molecule has 1 aromatic carbocycles. The molecule has 2 saturated heterocycles. The number of phenolic OH excluding ortho intramolecular Hbond substituents is 1. The summed E-state index contributed by atoms with van der Waals surface area (Å²) in [5.41, 5.74) is 0.922. The lowest BCUT2D eigenvalue weighted by Gasteiger charge is -2.45. The van der Waals surface area contributed by atoms with E-state index >= 15 is 0 Å². The van der Waals surface area contributed by atoms with Crippen molar-refractivity contribution >= 4 is 11.8 Å². The second-order valence-electron chi connectivity index (χ2n) is 7.46. The normalized spacial score (nSPS) is 24.4. The number of hydrogen-bond acceptors (Lipinski definition) is 4. The molecule has 2 N–H and O–H groups in total. The molecule has 0 bridgehead atoms. The molecule has 136 valence electrons. The summed E-state index contributed by atoms with van der Waals surface area (Å²) in [6.45, 7) is 7.42. The average Bonchev–Trinajstić information content (AvgIpc) is 2.59. The Morgan fingerprint density at radius 3 is 2.60 bits per heavy atom. The van der Waals surface area contributed by atoms with E-state index in [9.17, 15) is 14.7 Å². The number of benzene rings is 1. The molecule has 25 heavy (non-hydrogen) atoms. The number of piperazine rings is 2. The first-order valence-corrected chi connectivity index (χ1v) is 9.05. The maximum atomic E-state index is 12.8. The van der Waals surface area contributed by atoms with E-state index in [1.807, 2.05) is 0 Å². The van der Waals surface area contributed by atoms with E-state index in [4.69, 9.17) is 0 Å². The molecule has 2 aliphatic rings. The number of nitrogens with one attached hydrogen (secondary N) is 1. The summed E-state index contributed by atoms with van der Waals surface area (Å²) in [5, 5.41) is 12.3. The average molecular weight is 345 g/mol. The van der Waals surface area contributed by atoms with Crippen molar-refractivity contribution in [3.8, 4) is 5.75 Å². The number of aromatic hydroxyl groups is 1. The quantitative estimate of drug-likeness (QED) is 0.835. The van der Waals surface area contributed by atoms with Gasteiger partial charge in [-0.2, -0.15) is 0 Å². The van der Waals surface area contributed by atoms with Gasteiger partial charge in [-0.05, 0) is 36.6 Å². The largest absolute Gasteiger partial charge is 0.508 e. The van der Waals surface area contributed by atoms with E-state index in [-0.39, 0.29) is 23.6 Å². The molecule has 6 nitrogen and oxygen atoms in total. The molecule has 0 spiro atoms. The van der Waals surface area contributed by atoms with Crippen LogP contribution in [0.15, 0.2) is 24.3 Å². The highest BCUT2D eigenvalue weighted by Crippen LogP contribution is 2.20. The van der Waals surface area contributed by atoms with E-state index in [1.165, 1.54) is 0 Å². The predicted octanol–water partition coefficient (Wildman–Crippen LogP) is 0.992. The molecule has 2 amide bonds. The van der Waals surface area contributed by atoms with Crippen molar-refractivity contribution in [1.29, 1.82) is 0 Å². The minimum absolute atomic E-state index is 0.00110. The fourth-order valence-electron chi connectivity index (χ4n) is 3.51. The van der Waals surface area contributed by atoms with Gasteiger partial charge in [-0.15, -0.1) is 0 Å². The van der Waals surface area contributed by atoms with Crippen LogP contribution in [0.25, 0.3) is 0 Å². The third kappa shape index (κ3) is 4.12. The minimum atomic E-state index is -0.518. The Morgan fingerprint density at radius 2 is 1.92 bits per heavy atom. The van der Waals surface area contributed by atoms with Crippen molar-refractivity contribution in [3.05, 3.63) is 29.8 Å². The van der Waals surface area contributed by atoms with Crippen LogP contribution in [0.5, 0.6) is 5.75 Å². The number of carbonyl (C=O) groups is 2. The van der Waals surface area contributed by atoms with Crippen molar-refractivity contribution in [3.63, 3.8) is 0 Å². The number of carbonyl (C=O) groups excluding carboxylic acids is 2. The van der Waals surface area contributed by atoms with Crippen LogP contribution in [-0.4, -0.2) is 65.0 Å². The Bertz CT molecular complexity index is 629. The number of amides is 2. The van der Waals surface area contributed by atoms with E-state index in [2.05, 4.69) is 24.1 Å². The molecule has 2 fully saturated rings. The summed E-state index contributed by atoms with van der Waals surface area (Å²) in [4.78, 5) is 29.4. The van der Waals surface area contributed by atoms with Gasteiger partial charge in [-0.3, -0.25) is 14.5 Å². The van der Waals surface area contributed by atoms with Gasteiger partial charge in [0.05, 0.1) is 0 Å². The first kappa shape index (κ1) is 17.7. The summed E-state index contributed by atoms with van der Waals surface area (Å²) < 4.78 is 0. The number of nitrogens with zero attached hydrogens (tertiary/aromatic N) is 2. The zero-order valence-electron chi connectivity index (χ0n) is 14.9. The zero-order chi connectivity index (χ0) is 18.0. The van der Waals surface area contributed by atoms with E-state index in [0.717, 1.165) is 25.1 Å². The Kier molecular flexibility index (Phi) is 5.27. The predicted molar refractivity (Wildman–Crippen MR) is 95.1 cm³/mol. The fourth-order valence-corrected chi connectivity index (χ4v) is 3.51. The lowest BCUT2D eigenvalue weighted by molar-refractivity contribution is -0.152. The monoisotopic (exact) mass is 345 g/mol. The highest BCUT2D eigenvalue weighted by atomic mass is 16.3. The lowest BCUT2D eigenvalue weighted by atomic mass is 9.98. The summed E-state index contributed by atoms with van der Waals surface area (Å²) in [6, 6.07) is 5.87. The van der Waals surface area contributed by atoms with Gasteiger partial charge in [0.1, 0.15) is 17.8 Å². The van der Waals surface area contributed by atoms with Crippen molar-refractivity contribution in [1.82, 2.24) is 15.1 Å². The van der Waals surface area contributed by atoms with Gasteiger partial charge < -0.3 is 15.3 Å². The Hall–Kier alpha value is -2.08. The number of fused-ring (bicyclic) bond motifs is 1. The highest BCUT2D eigenvalue weighted by Gasteiger charge is 2.43. The summed E-state index contributed by atoms with van der Waals surface area (Å²) in [5.74, 6) is 0.772. The van der Waals surface area contributed by atoms with Crippen LogP contribution in [0.3, 0.4) is 0 Å². The maximum absolute atomic E-state index is 12.8. The molecule has 2 heterocycles. The lowest BCUT2D eigenvalue weighted by Crippen LogP contribution is -2.69. The van der Waals surface area contributed by atoms with Crippen LogP contribution in [0.1, 0.15) is 25.8 Å². The van der Waals surface area contributed by atoms with Gasteiger partial charge in [0.2, 0.25) is 11.8 Å². The van der Waals surface area contributed by atoms with Gasteiger partial charge in [0.15, 0.2) is 0 Å². The van der Waals surface area contributed by atoms with E-state index in [0.29, 0.717) is 25.4 Å². The minimum Gasteiger partial charge on any atom is -0.508 e. The number of rotatable bonds is 5. The molecule has 2 atom stereocenters. The zero-order valence-corrected chi connectivity index (χ0v) is 14.9. The first-order valence-electron chi connectivity index (χ1n) is 9.05. The highest BCUT2D eigenvalue weighted by molar-refractivity contribution is 5.97.